The SMILES string of the molecule is CN1CCC(Nc2nc(OC3COC3)c3c(-c4ccc5ncccc5c4)ccn3n2)C(F)(F)C1. The third-order valence-corrected chi connectivity index (χ3v) is 6.37. The zero-order valence-corrected chi connectivity index (χ0v) is 18.6. The van der Waals surface area contributed by atoms with E-state index in [-0.39, 0.29) is 18.6 Å². The molecule has 0 aliphatic carbocycles. The molecule has 1 atom stereocenters. The Bertz CT molecular complexity index is 1360. The Morgan fingerprint density at radius 3 is 2.88 bits per heavy atom. The summed E-state index contributed by atoms with van der Waals surface area (Å²) in [6, 6.07) is 10.8. The van der Waals surface area contributed by atoms with Gasteiger partial charge in [0.15, 0.2) is 0 Å². The quantitative estimate of drug-likeness (QED) is 0.483. The summed E-state index contributed by atoms with van der Waals surface area (Å²) in [5.74, 6) is -2.44. The fraction of sp³-hybridized carbons (Fsp3) is 0.375. The number of alkyl halides is 2. The molecule has 2 aliphatic heterocycles. The van der Waals surface area contributed by atoms with E-state index in [0.717, 1.165) is 22.0 Å². The lowest BCUT2D eigenvalue weighted by Crippen LogP contribution is -2.53. The van der Waals surface area contributed by atoms with Crippen molar-refractivity contribution < 1.29 is 18.3 Å². The molecule has 2 saturated heterocycles. The van der Waals surface area contributed by atoms with Crippen molar-refractivity contribution in [3.05, 3.63) is 48.8 Å². The number of pyridine rings is 1. The molecule has 0 bridgehead atoms. The van der Waals surface area contributed by atoms with Gasteiger partial charge in [-0.25, -0.2) is 13.3 Å². The van der Waals surface area contributed by atoms with Gasteiger partial charge in [-0.3, -0.25) is 4.98 Å². The molecule has 10 heteroatoms. The summed E-state index contributed by atoms with van der Waals surface area (Å²) in [6.45, 7) is 1.19. The summed E-state index contributed by atoms with van der Waals surface area (Å²) in [5, 5.41) is 8.38. The molecule has 0 amide bonds. The molecule has 0 saturated carbocycles. The van der Waals surface area contributed by atoms with Crippen LogP contribution in [0.5, 0.6) is 5.88 Å². The van der Waals surface area contributed by atoms with Crippen molar-refractivity contribution in [1.82, 2.24) is 24.5 Å². The normalized spacial score (nSPS) is 21.0. The van der Waals surface area contributed by atoms with Crippen molar-refractivity contribution in [3.63, 3.8) is 0 Å². The van der Waals surface area contributed by atoms with Crippen LogP contribution < -0.4 is 10.1 Å². The molecule has 0 radical (unpaired) electrons. The standard InChI is InChI=1S/C24H24F2N6O2/c1-31-9-7-20(24(25,26)14-31)28-23-29-22(34-17-12-33-13-17)21-18(6-10-32(21)30-23)15-4-5-19-16(11-15)3-2-8-27-19/h2-6,8,10-11,17,20H,7,9,12-14H2,1H3,(H,28,30). The number of anilines is 1. The van der Waals surface area contributed by atoms with Crippen LogP contribution in [0.25, 0.3) is 27.5 Å². The van der Waals surface area contributed by atoms with E-state index in [0.29, 0.717) is 37.6 Å². The molecule has 5 heterocycles. The summed E-state index contributed by atoms with van der Waals surface area (Å²) in [5.41, 5.74) is 3.43. The molecule has 6 rings (SSSR count). The summed E-state index contributed by atoms with van der Waals surface area (Å²) >= 11 is 0. The molecular weight excluding hydrogens is 442 g/mol. The smallest absolute Gasteiger partial charge is 0.280 e. The number of hydrogen-bond donors (Lipinski definition) is 1. The maximum atomic E-state index is 14.6. The summed E-state index contributed by atoms with van der Waals surface area (Å²) in [6.07, 6.45) is 3.71. The van der Waals surface area contributed by atoms with Crippen molar-refractivity contribution in [2.45, 2.75) is 24.5 Å². The predicted octanol–water partition coefficient (Wildman–Crippen LogP) is 3.47. The Hall–Kier alpha value is -3.37. The van der Waals surface area contributed by atoms with Crippen molar-refractivity contribution in [1.29, 1.82) is 0 Å². The predicted molar refractivity (Wildman–Crippen MR) is 123 cm³/mol. The zero-order valence-electron chi connectivity index (χ0n) is 18.6. The van der Waals surface area contributed by atoms with Crippen LogP contribution in [0.3, 0.4) is 0 Å². The van der Waals surface area contributed by atoms with Gasteiger partial charge in [-0.15, -0.1) is 5.10 Å². The van der Waals surface area contributed by atoms with E-state index in [1.54, 1.807) is 28.9 Å². The van der Waals surface area contributed by atoms with Gasteiger partial charge >= 0.3 is 0 Å². The van der Waals surface area contributed by atoms with E-state index < -0.39 is 12.0 Å². The van der Waals surface area contributed by atoms with Gasteiger partial charge < -0.3 is 19.7 Å². The van der Waals surface area contributed by atoms with Crippen molar-refractivity contribution in [3.8, 4) is 17.0 Å². The number of nitrogens with one attached hydrogen (secondary N) is 1. The third-order valence-electron chi connectivity index (χ3n) is 6.37. The van der Waals surface area contributed by atoms with Crippen LogP contribution in [0.1, 0.15) is 6.42 Å². The van der Waals surface area contributed by atoms with Gasteiger partial charge in [0.1, 0.15) is 11.6 Å². The van der Waals surface area contributed by atoms with Crippen LogP contribution in [0.15, 0.2) is 48.8 Å². The van der Waals surface area contributed by atoms with Crippen molar-refractivity contribution in [2.24, 2.45) is 0 Å². The average Bonchev–Trinajstić information content (AvgIpc) is 3.21. The lowest BCUT2D eigenvalue weighted by Gasteiger charge is -2.36. The highest BCUT2D eigenvalue weighted by atomic mass is 19.3. The van der Waals surface area contributed by atoms with E-state index >= 15 is 0 Å². The molecule has 2 fully saturated rings. The summed E-state index contributed by atoms with van der Waals surface area (Å²) < 4.78 is 42.3. The lowest BCUT2D eigenvalue weighted by atomic mass is 10.0. The zero-order chi connectivity index (χ0) is 23.3. The third kappa shape index (κ3) is 3.82. The Morgan fingerprint density at radius 2 is 2.09 bits per heavy atom. The van der Waals surface area contributed by atoms with Crippen LogP contribution in [-0.2, 0) is 4.74 Å². The van der Waals surface area contributed by atoms with Crippen molar-refractivity contribution >= 4 is 22.4 Å². The fourth-order valence-electron chi connectivity index (χ4n) is 4.49. The minimum Gasteiger partial charge on any atom is -0.468 e. The highest BCUT2D eigenvalue weighted by Crippen LogP contribution is 2.35. The lowest BCUT2D eigenvalue weighted by molar-refractivity contribution is -0.0809. The first-order valence-corrected chi connectivity index (χ1v) is 11.3. The number of rotatable bonds is 5. The molecule has 176 valence electrons. The maximum absolute atomic E-state index is 14.6. The number of piperidine rings is 1. The molecule has 1 N–H and O–H groups in total. The monoisotopic (exact) mass is 466 g/mol. The second-order valence-electron chi connectivity index (χ2n) is 8.94. The average molecular weight is 466 g/mol. The minimum absolute atomic E-state index is 0.113. The number of hydrogen-bond acceptors (Lipinski definition) is 7. The molecule has 3 aromatic heterocycles. The molecular formula is C24H24F2N6O2. The number of fused-ring (bicyclic) bond motifs is 2. The number of ether oxygens (including phenoxy) is 2. The Kier molecular flexibility index (Phi) is 5.07. The van der Waals surface area contributed by atoms with Crippen LogP contribution in [0.2, 0.25) is 0 Å². The maximum Gasteiger partial charge on any atom is 0.280 e. The molecule has 34 heavy (non-hydrogen) atoms. The number of aromatic nitrogens is 4. The van der Waals surface area contributed by atoms with Gasteiger partial charge in [0.05, 0.1) is 31.3 Å². The van der Waals surface area contributed by atoms with E-state index in [9.17, 15) is 8.78 Å². The first-order valence-electron chi connectivity index (χ1n) is 11.3. The van der Waals surface area contributed by atoms with Gasteiger partial charge in [0, 0.05) is 29.9 Å². The van der Waals surface area contributed by atoms with Crippen LogP contribution in [0.4, 0.5) is 14.7 Å². The fourth-order valence-corrected chi connectivity index (χ4v) is 4.49. The minimum atomic E-state index is -2.89. The molecule has 8 nitrogen and oxygen atoms in total. The molecule has 0 spiro atoms. The van der Waals surface area contributed by atoms with Crippen LogP contribution >= 0.6 is 0 Å². The van der Waals surface area contributed by atoms with Gasteiger partial charge in [-0.05, 0) is 43.3 Å². The highest BCUT2D eigenvalue weighted by Gasteiger charge is 2.44. The molecule has 4 aromatic rings. The van der Waals surface area contributed by atoms with E-state index in [2.05, 4.69) is 26.4 Å². The van der Waals surface area contributed by atoms with E-state index in [4.69, 9.17) is 9.47 Å². The molecule has 1 aromatic carbocycles. The van der Waals surface area contributed by atoms with Crippen molar-refractivity contribution in [2.75, 3.05) is 38.7 Å². The second-order valence-corrected chi connectivity index (χ2v) is 8.94. The first kappa shape index (κ1) is 21.2. The Labute approximate surface area is 194 Å². The van der Waals surface area contributed by atoms with Gasteiger partial charge in [-0.2, -0.15) is 4.98 Å². The first-order chi connectivity index (χ1) is 16.5. The van der Waals surface area contributed by atoms with E-state index in [1.807, 2.05) is 30.3 Å². The van der Waals surface area contributed by atoms with Crippen LogP contribution in [0, 0.1) is 0 Å². The number of halogens is 2. The highest BCUT2D eigenvalue weighted by molar-refractivity contribution is 5.90. The van der Waals surface area contributed by atoms with E-state index in [1.165, 1.54) is 0 Å². The summed E-state index contributed by atoms with van der Waals surface area (Å²) in [7, 11) is 1.70. The topological polar surface area (TPSA) is 76.8 Å². The Balaban J connectivity index is 1.41. The number of nitrogens with zero attached hydrogens (tertiary/aromatic N) is 5. The van der Waals surface area contributed by atoms with Gasteiger partial charge in [0.2, 0.25) is 11.8 Å². The Morgan fingerprint density at radius 1 is 1.21 bits per heavy atom. The number of benzene rings is 1. The second kappa shape index (κ2) is 8.14. The molecule has 2 aliphatic rings. The summed E-state index contributed by atoms with van der Waals surface area (Å²) in [4.78, 5) is 10.6. The molecule has 1 unspecified atom stereocenters. The van der Waals surface area contributed by atoms with Gasteiger partial charge in [0.25, 0.3) is 5.92 Å². The number of likely N-dealkylation sites (tertiary alicyclic amines) is 1. The largest absolute Gasteiger partial charge is 0.468 e. The van der Waals surface area contributed by atoms with Gasteiger partial charge in [-0.1, -0.05) is 12.1 Å². The van der Waals surface area contributed by atoms with Crippen LogP contribution in [-0.4, -0.2) is 75.9 Å².